The van der Waals surface area contributed by atoms with Crippen molar-refractivity contribution in [1.82, 2.24) is 15.3 Å². The molecule has 0 saturated heterocycles. The average Bonchev–Trinajstić information content (AvgIpc) is 2.24. The van der Waals surface area contributed by atoms with Crippen molar-refractivity contribution in [3.8, 4) is 0 Å². The molecule has 15 heavy (non-hydrogen) atoms. The number of hydrogen-bond acceptors (Lipinski definition) is 4. The lowest BCUT2D eigenvalue weighted by molar-refractivity contribution is 0.682. The second kappa shape index (κ2) is 6.35. The molecule has 0 aliphatic carbocycles. The molecule has 0 unspecified atom stereocenters. The van der Waals surface area contributed by atoms with Crippen LogP contribution in [-0.4, -0.2) is 23.1 Å². The van der Waals surface area contributed by atoms with Gasteiger partial charge in [-0.3, -0.25) is 4.98 Å². The van der Waals surface area contributed by atoms with E-state index in [4.69, 9.17) is 0 Å². The first-order valence-corrected chi connectivity index (χ1v) is 5.48. The Morgan fingerprint density at radius 2 is 2.13 bits per heavy atom. The Bertz CT molecular complexity index is 286. The minimum absolute atomic E-state index is 0.615. The summed E-state index contributed by atoms with van der Waals surface area (Å²) in [5.74, 6) is 1.48. The second-order valence-corrected chi connectivity index (χ2v) is 3.95. The second-order valence-electron chi connectivity index (χ2n) is 3.95. The molecule has 84 valence electrons. The smallest absolute Gasteiger partial charge is 0.144 e. The molecule has 0 bridgehead atoms. The zero-order chi connectivity index (χ0) is 11.1. The molecule has 0 amide bonds. The summed E-state index contributed by atoms with van der Waals surface area (Å²) in [5, 5.41) is 6.49. The largest absolute Gasteiger partial charge is 0.369 e. The van der Waals surface area contributed by atoms with E-state index in [0.717, 1.165) is 31.1 Å². The Morgan fingerprint density at radius 3 is 2.80 bits per heavy atom. The Labute approximate surface area is 91.5 Å². The Kier molecular flexibility index (Phi) is 5.04. The fourth-order valence-corrected chi connectivity index (χ4v) is 1.14. The van der Waals surface area contributed by atoms with Crippen molar-refractivity contribution in [3.05, 3.63) is 18.1 Å². The maximum absolute atomic E-state index is 4.45. The van der Waals surface area contributed by atoms with E-state index in [1.807, 2.05) is 0 Å². The zero-order valence-electron chi connectivity index (χ0n) is 9.75. The first-order valence-electron chi connectivity index (χ1n) is 5.48. The van der Waals surface area contributed by atoms with E-state index in [2.05, 4.69) is 41.4 Å². The summed E-state index contributed by atoms with van der Waals surface area (Å²) >= 11 is 0. The number of rotatable bonds is 6. The number of hydrogen-bond donors (Lipinski definition) is 2. The van der Waals surface area contributed by atoms with Gasteiger partial charge in [-0.25, -0.2) is 4.98 Å². The van der Waals surface area contributed by atoms with E-state index >= 15 is 0 Å². The van der Waals surface area contributed by atoms with Crippen molar-refractivity contribution in [1.29, 1.82) is 0 Å². The maximum atomic E-state index is 4.45. The van der Waals surface area contributed by atoms with Crippen LogP contribution in [0.4, 0.5) is 5.82 Å². The molecule has 0 fully saturated rings. The van der Waals surface area contributed by atoms with Crippen LogP contribution in [0.25, 0.3) is 0 Å². The van der Waals surface area contributed by atoms with Crippen LogP contribution in [0.1, 0.15) is 26.5 Å². The maximum Gasteiger partial charge on any atom is 0.144 e. The van der Waals surface area contributed by atoms with Crippen LogP contribution >= 0.6 is 0 Å². The van der Waals surface area contributed by atoms with Gasteiger partial charge >= 0.3 is 0 Å². The van der Waals surface area contributed by atoms with Gasteiger partial charge in [-0.2, -0.15) is 0 Å². The quantitative estimate of drug-likeness (QED) is 0.746. The van der Waals surface area contributed by atoms with Crippen molar-refractivity contribution in [2.75, 3.05) is 18.4 Å². The molecule has 1 aromatic heterocycles. The first kappa shape index (κ1) is 11.9. The van der Waals surface area contributed by atoms with Gasteiger partial charge in [0.1, 0.15) is 5.82 Å². The topological polar surface area (TPSA) is 49.8 Å². The number of anilines is 1. The summed E-state index contributed by atoms with van der Waals surface area (Å²) in [6.45, 7) is 9.07. The van der Waals surface area contributed by atoms with Crippen molar-refractivity contribution in [2.45, 2.75) is 27.3 Å². The van der Waals surface area contributed by atoms with E-state index in [1.165, 1.54) is 0 Å². The van der Waals surface area contributed by atoms with Crippen molar-refractivity contribution < 1.29 is 0 Å². The van der Waals surface area contributed by atoms with Crippen molar-refractivity contribution in [2.24, 2.45) is 5.92 Å². The zero-order valence-corrected chi connectivity index (χ0v) is 9.75. The molecule has 0 aliphatic rings. The molecule has 0 aliphatic heterocycles. The van der Waals surface area contributed by atoms with Crippen LogP contribution in [0, 0.1) is 5.92 Å². The highest BCUT2D eigenvalue weighted by atomic mass is 15.0. The highest BCUT2D eigenvalue weighted by Crippen LogP contribution is 2.03. The third kappa shape index (κ3) is 4.74. The summed E-state index contributed by atoms with van der Waals surface area (Å²) in [4.78, 5) is 8.60. The van der Waals surface area contributed by atoms with Gasteiger partial charge in [0.25, 0.3) is 0 Å². The van der Waals surface area contributed by atoms with Gasteiger partial charge in [-0.05, 0) is 12.5 Å². The van der Waals surface area contributed by atoms with E-state index in [-0.39, 0.29) is 0 Å². The highest BCUT2D eigenvalue weighted by molar-refractivity contribution is 5.31. The summed E-state index contributed by atoms with van der Waals surface area (Å²) in [7, 11) is 0. The lowest BCUT2D eigenvalue weighted by Crippen LogP contribution is -2.15. The van der Waals surface area contributed by atoms with Gasteiger partial charge in [0.15, 0.2) is 0 Å². The summed E-state index contributed by atoms with van der Waals surface area (Å²) in [6, 6.07) is 0. The normalized spacial score (nSPS) is 10.7. The molecule has 0 aromatic carbocycles. The Morgan fingerprint density at radius 1 is 1.33 bits per heavy atom. The predicted octanol–water partition coefficient (Wildman–Crippen LogP) is 1.65. The average molecular weight is 208 g/mol. The highest BCUT2D eigenvalue weighted by Gasteiger charge is 1.99. The summed E-state index contributed by atoms with van der Waals surface area (Å²) < 4.78 is 0. The van der Waals surface area contributed by atoms with Crippen LogP contribution in [0.15, 0.2) is 12.4 Å². The predicted molar refractivity (Wildman–Crippen MR) is 62.7 cm³/mol. The van der Waals surface area contributed by atoms with Gasteiger partial charge < -0.3 is 10.6 Å². The van der Waals surface area contributed by atoms with Crippen LogP contribution in [-0.2, 0) is 6.54 Å². The van der Waals surface area contributed by atoms with Crippen LogP contribution in [0.2, 0.25) is 0 Å². The van der Waals surface area contributed by atoms with Crippen LogP contribution in [0.3, 0.4) is 0 Å². The Hall–Kier alpha value is -1.16. The third-order valence-corrected chi connectivity index (χ3v) is 1.93. The summed E-state index contributed by atoms with van der Waals surface area (Å²) in [5.41, 5.74) is 0.977. The number of nitrogens with one attached hydrogen (secondary N) is 2. The monoisotopic (exact) mass is 208 g/mol. The van der Waals surface area contributed by atoms with E-state index < -0.39 is 0 Å². The van der Waals surface area contributed by atoms with Gasteiger partial charge in [0.05, 0.1) is 11.9 Å². The fourth-order valence-electron chi connectivity index (χ4n) is 1.14. The molecule has 0 saturated carbocycles. The minimum Gasteiger partial charge on any atom is -0.369 e. The van der Waals surface area contributed by atoms with Gasteiger partial charge in [-0.15, -0.1) is 0 Å². The number of nitrogens with zero attached hydrogens (tertiary/aromatic N) is 2. The molecule has 4 heteroatoms. The molecule has 2 N–H and O–H groups in total. The first-order chi connectivity index (χ1) is 7.22. The molecular weight excluding hydrogens is 188 g/mol. The Balaban J connectivity index is 2.50. The molecule has 1 heterocycles. The molecular formula is C11H20N4. The van der Waals surface area contributed by atoms with Crippen molar-refractivity contribution >= 4 is 5.82 Å². The lowest BCUT2D eigenvalue weighted by Gasteiger charge is -2.08. The van der Waals surface area contributed by atoms with Crippen molar-refractivity contribution in [3.63, 3.8) is 0 Å². The van der Waals surface area contributed by atoms with E-state index in [0.29, 0.717) is 5.92 Å². The molecule has 1 aromatic rings. The van der Waals surface area contributed by atoms with E-state index in [9.17, 15) is 0 Å². The van der Waals surface area contributed by atoms with Crippen LogP contribution in [0.5, 0.6) is 0 Å². The van der Waals surface area contributed by atoms with Gasteiger partial charge in [0, 0.05) is 19.3 Å². The standard InChI is InChI=1S/C11H20N4/c1-4-12-6-10-7-13-8-11(15-10)14-5-9(2)3/h7-9,12H,4-6H2,1-3H3,(H,14,15). The minimum atomic E-state index is 0.615. The van der Waals surface area contributed by atoms with E-state index in [1.54, 1.807) is 12.4 Å². The third-order valence-electron chi connectivity index (χ3n) is 1.93. The SMILES string of the molecule is CCNCc1cncc(NCC(C)C)n1. The van der Waals surface area contributed by atoms with Crippen LogP contribution < -0.4 is 10.6 Å². The molecule has 0 atom stereocenters. The molecule has 0 radical (unpaired) electrons. The fraction of sp³-hybridized carbons (Fsp3) is 0.636. The number of aromatic nitrogens is 2. The molecule has 0 spiro atoms. The molecule has 4 nitrogen and oxygen atoms in total. The summed E-state index contributed by atoms with van der Waals surface area (Å²) in [6.07, 6.45) is 3.56. The van der Waals surface area contributed by atoms with Gasteiger partial charge in [0.2, 0.25) is 0 Å². The molecule has 1 rings (SSSR count). The lowest BCUT2D eigenvalue weighted by atomic mass is 10.2. The van der Waals surface area contributed by atoms with Gasteiger partial charge in [-0.1, -0.05) is 20.8 Å².